The van der Waals surface area contributed by atoms with E-state index in [0.717, 1.165) is 45.2 Å². The first kappa shape index (κ1) is 15.8. The summed E-state index contributed by atoms with van der Waals surface area (Å²) in [4.78, 5) is 29.6. The number of phenolic OH excluding ortho intramolecular Hbond substituents is 1. The fourth-order valence-electron chi connectivity index (χ4n) is 4.00. The van der Waals surface area contributed by atoms with E-state index in [9.17, 15) is 14.7 Å². The molecule has 5 nitrogen and oxygen atoms in total. The second-order valence-corrected chi connectivity index (χ2v) is 6.54. The molecule has 2 heterocycles. The Morgan fingerprint density at radius 2 is 2.00 bits per heavy atom. The molecule has 1 aromatic rings. The molecule has 124 valence electrons. The first-order chi connectivity index (χ1) is 11.1. The zero-order chi connectivity index (χ0) is 16.4. The maximum atomic E-state index is 13.0. The number of nitrogens with zero attached hydrogens (tertiary/aromatic N) is 2. The van der Waals surface area contributed by atoms with E-state index in [4.69, 9.17) is 0 Å². The molecule has 0 bridgehead atoms. The quantitative estimate of drug-likeness (QED) is 0.931. The Hall–Kier alpha value is -2.04. The summed E-state index contributed by atoms with van der Waals surface area (Å²) in [6.45, 7) is 4.23. The van der Waals surface area contributed by atoms with E-state index in [2.05, 4.69) is 6.92 Å². The third-order valence-electron chi connectivity index (χ3n) is 5.02. The molecule has 2 saturated heterocycles. The van der Waals surface area contributed by atoms with Crippen molar-refractivity contribution in [3.05, 3.63) is 29.8 Å². The van der Waals surface area contributed by atoms with Crippen molar-refractivity contribution < 1.29 is 14.7 Å². The van der Waals surface area contributed by atoms with Crippen molar-refractivity contribution in [1.82, 2.24) is 9.80 Å². The molecule has 1 spiro atoms. The molecule has 0 saturated carbocycles. The molecule has 1 atom stereocenters. The molecular weight excluding hydrogens is 292 g/mol. The molecule has 1 unspecified atom stereocenters. The lowest BCUT2D eigenvalue weighted by atomic mass is 9.85. The number of piperidine rings is 1. The maximum absolute atomic E-state index is 13.0. The van der Waals surface area contributed by atoms with Gasteiger partial charge in [0.25, 0.3) is 5.91 Å². The summed E-state index contributed by atoms with van der Waals surface area (Å²) < 4.78 is 0. The van der Waals surface area contributed by atoms with Crippen molar-refractivity contribution in [2.45, 2.75) is 44.6 Å². The van der Waals surface area contributed by atoms with Crippen LogP contribution in [-0.4, -0.2) is 51.9 Å². The van der Waals surface area contributed by atoms with Gasteiger partial charge < -0.3 is 14.9 Å². The highest BCUT2D eigenvalue weighted by Crippen LogP contribution is 2.39. The molecule has 1 N–H and O–H groups in total. The van der Waals surface area contributed by atoms with Gasteiger partial charge in [0, 0.05) is 25.2 Å². The summed E-state index contributed by atoms with van der Waals surface area (Å²) in [6.07, 6.45) is 4.22. The van der Waals surface area contributed by atoms with Crippen LogP contribution in [0.4, 0.5) is 0 Å². The molecule has 2 fully saturated rings. The lowest BCUT2D eigenvalue weighted by Crippen LogP contribution is -2.61. The normalized spacial score (nSPS) is 24.5. The van der Waals surface area contributed by atoms with Gasteiger partial charge in [-0.15, -0.1) is 0 Å². The van der Waals surface area contributed by atoms with Gasteiger partial charge in [0.05, 0.1) is 0 Å². The number of carbonyl (C=O) groups is 2. The van der Waals surface area contributed by atoms with E-state index < -0.39 is 5.54 Å². The van der Waals surface area contributed by atoms with Crippen molar-refractivity contribution in [2.24, 2.45) is 0 Å². The summed E-state index contributed by atoms with van der Waals surface area (Å²) in [5.41, 5.74) is -0.220. The average molecular weight is 316 g/mol. The number of aromatic hydroxyl groups is 1. The fraction of sp³-hybridized carbons (Fsp3) is 0.556. The van der Waals surface area contributed by atoms with Crippen molar-refractivity contribution >= 4 is 11.8 Å². The molecule has 5 heteroatoms. The van der Waals surface area contributed by atoms with E-state index in [1.165, 1.54) is 6.07 Å². The van der Waals surface area contributed by atoms with E-state index >= 15 is 0 Å². The topological polar surface area (TPSA) is 60.9 Å². The number of amides is 2. The highest BCUT2D eigenvalue weighted by molar-refractivity contribution is 6.00. The fourth-order valence-corrected chi connectivity index (χ4v) is 4.00. The zero-order valence-corrected chi connectivity index (χ0v) is 13.6. The SMILES string of the molecule is CCCN1CCCC2(CCCN2C(=O)c2cccc(O)c2)C1=O. The number of phenols is 1. The molecule has 0 aromatic heterocycles. The van der Waals surface area contributed by atoms with Crippen LogP contribution in [0.15, 0.2) is 24.3 Å². The minimum atomic E-state index is -0.671. The Labute approximate surface area is 136 Å². The third kappa shape index (κ3) is 2.69. The predicted octanol–water partition coefficient (Wildman–Crippen LogP) is 2.40. The van der Waals surface area contributed by atoms with Crippen LogP contribution in [0.1, 0.15) is 49.4 Å². The highest BCUT2D eigenvalue weighted by Gasteiger charge is 2.52. The van der Waals surface area contributed by atoms with Gasteiger partial charge in [-0.3, -0.25) is 9.59 Å². The third-order valence-corrected chi connectivity index (χ3v) is 5.02. The van der Waals surface area contributed by atoms with E-state index in [0.29, 0.717) is 12.1 Å². The Balaban J connectivity index is 1.90. The van der Waals surface area contributed by atoms with Gasteiger partial charge in [0.1, 0.15) is 11.3 Å². The van der Waals surface area contributed by atoms with Crippen LogP contribution in [0.5, 0.6) is 5.75 Å². The Kier molecular flexibility index (Phi) is 4.28. The van der Waals surface area contributed by atoms with Gasteiger partial charge in [-0.05, 0) is 50.3 Å². The van der Waals surface area contributed by atoms with Crippen LogP contribution in [0.3, 0.4) is 0 Å². The van der Waals surface area contributed by atoms with Crippen LogP contribution in [0.2, 0.25) is 0 Å². The number of rotatable bonds is 3. The van der Waals surface area contributed by atoms with E-state index in [-0.39, 0.29) is 17.6 Å². The number of hydrogen-bond acceptors (Lipinski definition) is 3. The monoisotopic (exact) mass is 316 g/mol. The van der Waals surface area contributed by atoms with Crippen LogP contribution >= 0.6 is 0 Å². The summed E-state index contributed by atoms with van der Waals surface area (Å²) in [5, 5.41) is 9.62. The largest absolute Gasteiger partial charge is 0.508 e. The lowest BCUT2D eigenvalue weighted by molar-refractivity contribution is -0.145. The van der Waals surface area contributed by atoms with Crippen LogP contribution in [0, 0.1) is 0 Å². The summed E-state index contributed by atoms with van der Waals surface area (Å²) in [5.74, 6) is 0.0355. The van der Waals surface area contributed by atoms with Gasteiger partial charge in [0.15, 0.2) is 0 Å². The Bertz CT molecular complexity index is 614. The predicted molar refractivity (Wildman–Crippen MR) is 87.2 cm³/mol. The second-order valence-electron chi connectivity index (χ2n) is 6.54. The molecule has 2 aliphatic rings. The van der Waals surface area contributed by atoms with Gasteiger partial charge in [-0.1, -0.05) is 13.0 Å². The molecule has 0 radical (unpaired) electrons. The zero-order valence-electron chi connectivity index (χ0n) is 13.6. The first-order valence-electron chi connectivity index (χ1n) is 8.49. The van der Waals surface area contributed by atoms with Crippen LogP contribution < -0.4 is 0 Å². The molecule has 3 rings (SSSR count). The van der Waals surface area contributed by atoms with Gasteiger partial charge in [-0.25, -0.2) is 0 Å². The minimum Gasteiger partial charge on any atom is -0.508 e. The second kappa shape index (κ2) is 6.22. The van der Waals surface area contributed by atoms with Crippen molar-refractivity contribution in [1.29, 1.82) is 0 Å². The first-order valence-corrected chi connectivity index (χ1v) is 8.49. The average Bonchev–Trinajstić information content (AvgIpc) is 2.96. The van der Waals surface area contributed by atoms with Crippen molar-refractivity contribution in [3.8, 4) is 5.75 Å². The Morgan fingerprint density at radius 3 is 2.70 bits per heavy atom. The molecule has 2 aliphatic heterocycles. The Morgan fingerprint density at radius 1 is 1.26 bits per heavy atom. The van der Waals surface area contributed by atoms with Crippen molar-refractivity contribution in [3.63, 3.8) is 0 Å². The van der Waals surface area contributed by atoms with Gasteiger partial charge >= 0.3 is 0 Å². The summed E-state index contributed by atoms with van der Waals surface area (Å²) >= 11 is 0. The van der Waals surface area contributed by atoms with E-state index in [1.807, 2.05) is 4.90 Å². The number of hydrogen-bond donors (Lipinski definition) is 1. The number of likely N-dealkylation sites (tertiary alicyclic amines) is 2. The van der Waals surface area contributed by atoms with Crippen molar-refractivity contribution in [2.75, 3.05) is 19.6 Å². The van der Waals surface area contributed by atoms with Crippen LogP contribution in [-0.2, 0) is 4.79 Å². The molecule has 23 heavy (non-hydrogen) atoms. The number of carbonyl (C=O) groups excluding carboxylic acids is 2. The lowest BCUT2D eigenvalue weighted by Gasteiger charge is -2.44. The maximum Gasteiger partial charge on any atom is 0.254 e. The van der Waals surface area contributed by atoms with Gasteiger partial charge in [-0.2, -0.15) is 0 Å². The highest BCUT2D eigenvalue weighted by atomic mass is 16.3. The molecule has 0 aliphatic carbocycles. The molecular formula is C18H24N2O3. The molecule has 2 amide bonds. The van der Waals surface area contributed by atoms with E-state index in [1.54, 1.807) is 23.1 Å². The summed E-state index contributed by atoms with van der Waals surface area (Å²) in [6, 6.07) is 6.39. The number of benzene rings is 1. The standard InChI is InChI=1S/C18H24N2O3/c1-2-10-19-11-4-8-18(17(19)23)9-5-12-20(18)16(22)14-6-3-7-15(21)13-14/h3,6-7,13,21H,2,4-5,8-12H2,1H3. The minimum absolute atomic E-state index is 0.0756. The molecule has 1 aromatic carbocycles. The summed E-state index contributed by atoms with van der Waals surface area (Å²) in [7, 11) is 0. The smallest absolute Gasteiger partial charge is 0.254 e. The van der Waals surface area contributed by atoms with Crippen LogP contribution in [0.25, 0.3) is 0 Å². The van der Waals surface area contributed by atoms with Gasteiger partial charge in [0.2, 0.25) is 5.91 Å².